The third-order valence-electron chi connectivity index (χ3n) is 9.79. The second kappa shape index (κ2) is 11.5. The van der Waals surface area contributed by atoms with Crippen LogP contribution in [0.1, 0.15) is 42.6 Å². The monoisotopic (exact) mass is 625 g/mol. The number of amides is 2. The van der Waals surface area contributed by atoms with Crippen LogP contribution in [0.4, 0.5) is 11.4 Å². The number of aromatic hydroxyl groups is 1. The van der Waals surface area contributed by atoms with Gasteiger partial charge in [-0.05, 0) is 63.4 Å². The SMILES string of the molecule is CC(C)CCN1CC(C(=O)Nc2cc(N(C)C)c3c(c2O)C(=O)C2=C(O)[C@]4(O)C(=O)C(C(N)=O)=C(O)[C@@H](N(C)C)[C@@H]4CC2C3)C1. The van der Waals surface area contributed by atoms with E-state index in [9.17, 15) is 39.6 Å². The number of carbonyl (C=O) groups is 4. The number of hydrogen-bond donors (Lipinski definition) is 6. The molecule has 45 heavy (non-hydrogen) atoms. The third kappa shape index (κ3) is 5.06. The van der Waals surface area contributed by atoms with Gasteiger partial charge >= 0.3 is 0 Å². The van der Waals surface area contributed by atoms with E-state index in [1.807, 2.05) is 0 Å². The van der Waals surface area contributed by atoms with E-state index in [2.05, 4.69) is 24.1 Å². The maximum atomic E-state index is 14.2. The van der Waals surface area contributed by atoms with Crippen molar-refractivity contribution in [3.8, 4) is 5.75 Å². The van der Waals surface area contributed by atoms with Crippen molar-refractivity contribution in [2.75, 3.05) is 58.0 Å². The minimum absolute atomic E-state index is 0.00707. The summed E-state index contributed by atoms with van der Waals surface area (Å²) in [4.78, 5) is 58.5. The van der Waals surface area contributed by atoms with Gasteiger partial charge in [-0.25, -0.2) is 0 Å². The van der Waals surface area contributed by atoms with Crippen LogP contribution < -0.4 is 16.0 Å². The number of hydrogen-bond acceptors (Lipinski definition) is 11. The van der Waals surface area contributed by atoms with E-state index in [1.54, 1.807) is 39.2 Å². The summed E-state index contributed by atoms with van der Waals surface area (Å²) in [7, 11) is 6.69. The molecular formula is C32H43N5O8. The van der Waals surface area contributed by atoms with Crippen molar-refractivity contribution in [2.45, 2.75) is 44.8 Å². The summed E-state index contributed by atoms with van der Waals surface area (Å²) in [6.45, 7) is 6.36. The van der Waals surface area contributed by atoms with Gasteiger partial charge in [0.15, 0.2) is 17.1 Å². The highest BCUT2D eigenvalue weighted by Gasteiger charge is 2.63. The number of likely N-dealkylation sites (tertiary alicyclic amines) is 1. The average Bonchev–Trinajstić information content (AvgIpc) is 2.90. The summed E-state index contributed by atoms with van der Waals surface area (Å²) in [5, 5.41) is 48.5. The van der Waals surface area contributed by atoms with Gasteiger partial charge in [-0.3, -0.25) is 24.1 Å². The molecule has 0 aromatic heterocycles. The van der Waals surface area contributed by atoms with Crippen LogP contribution in [-0.4, -0.2) is 113 Å². The lowest BCUT2D eigenvalue weighted by Gasteiger charge is -2.50. The average molecular weight is 626 g/mol. The zero-order valence-corrected chi connectivity index (χ0v) is 26.5. The number of nitrogens with one attached hydrogen (secondary N) is 1. The van der Waals surface area contributed by atoms with E-state index in [4.69, 9.17) is 5.73 Å². The Kier molecular flexibility index (Phi) is 8.26. The molecule has 4 aliphatic rings. The number of nitrogens with two attached hydrogens (primary N) is 1. The Bertz CT molecular complexity index is 1540. The minimum Gasteiger partial charge on any atom is -0.510 e. The molecule has 2 amide bonds. The number of rotatable bonds is 8. The smallest absolute Gasteiger partial charge is 0.255 e. The van der Waals surface area contributed by atoms with Gasteiger partial charge in [-0.1, -0.05) is 13.8 Å². The van der Waals surface area contributed by atoms with Gasteiger partial charge < -0.3 is 41.3 Å². The Hall–Kier alpha value is -3.94. The topological polar surface area (TPSA) is 197 Å². The van der Waals surface area contributed by atoms with Gasteiger partial charge in [-0.15, -0.1) is 0 Å². The molecule has 7 N–H and O–H groups in total. The molecule has 0 saturated carbocycles. The highest BCUT2D eigenvalue weighted by atomic mass is 16.3. The maximum Gasteiger partial charge on any atom is 0.255 e. The van der Waals surface area contributed by atoms with E-state index in [-0.39, 0.29) is 41.5 Å². The van der Waals surface area contributed by atoms with Crippen molar-refractivity contribution in [1.29, 1.82) is 0 Å². The molecule has 1 fully saturated rings. The fourth-order valence-electron chi connectivity index (χ4n) is 7.39. The molecule has 13 heteroatoms. The van der Waals surface area contributed by atoms with E-state index in [1.165, 1.54) is 4.90 Å². The number of likely N-dealkylation sites (N-methyl/N-ethyl adjacent to an activating group) is 1. The number of fused-ring (bicyclic) bond motifs is 3. The summed E-state index contributed by atoms with van der Waals surface area (Å²) < 4.78 is 0. The van der Waals surface area contributed by atoms with Gasteiger partial charge in [0, 0.05) is 44.4 Å². The number of phenols is 1. The number of benzene rings is 1. The first-order valence-corrected chi connectivity index (χ1v) is 15.2. The summed E-state index contributed by atoms with van der Waals surface area (Å²) in [6, 6.07) is 0.547. The maximum absolute atomic E-state index is 14.2. The van der Waals surface area contributed by atoms with E-state index in [0.29, 0.717) is 30.3 Å². The molecule has 1 aromatic carbocycles. The van der Waals surface area contributed by atoms with Crippen molar-refractivity contribution < 1.29 is 39.6 Å². The number of Topliss-reactive ketones (excluding diaryl/α,β-unsaturated/α-hetero) is 2. The van der Waals surface area contributed by atoms with Crippen LogP contribution in [0, 0.1) is 23.7 Å². The first-order valence-electron chi connectivity index (χ1n) is 15.2. The number of anilines is 2. The van der Waals surface area contributed by atoms with E-state index >= 15 is 0 Å². The van der Waals surface area contributed by atoms with Gasteiger partial charge in [-0.2, -0.15) is 0 Å². The van der Waals surface area contributed by atoms with Crippen LogP contribution in [-0.2, 0) is 20.8 Å². The minimum atomic E-state index is -2.72. The van der Waals surface area contributed by atoms with Crippen molar-refractivity contribution in [1.82, 2.24) is 9.80 Å². The van der Waals surface area contributed by atoms with E-state index in [0.717, 1.165) is 13.0 Å². The van der Waals surface area contributed by atoms with Gasteiger partial charge in [0.1, 0.15) is 17.1 Å². The molecular weight excluding hydrogens is 582 g/mol. The summed E-state index contributed by atoms with van der Waals surface area (Å²) in [5.74, 6) is -7.22. The Morgan fingerprint density at radius 2 is 1.78 bits per heavy atom. The number of phenolic OH excluding ortho intramolecular Hbond substituents is 1. The number of aliphatic hydroxyl groups is 3. The fourth-order valence-corrected chi connectivity index (χ4v) is 7.39. The molecule has 13 nitrogen and oxygen atoms in total. The second-order valence-corrected chi connectivity index (χ2v) is 13.6. The number of aliphatic hydroxyl groups excluding tert-OH is 2. The van der Waals surface area contributed by atoms with Gasteiger partial charge in [0.25, 0.3) is 5.91 Å². The predicted molar refractivity (Wildman–Crippen MR) is 166 cm³/mol. The number of ketones is 2. The summed E-state index contributed by atoms with van der Waals surface area (Å²) in [5.41, 5.74) is 2.52. The normalized spacial score (nSPS) is 26.9. The van der Waals surface area contributed by atoms with Crippen LogP contribution in [0.3, 0.4) is 0 Å². The van der Waals surface area contributed by atoms with Crippen molar-refractivity contribution in [3.63, 3.8) is 0 Å². The van der Waals surface area contributed by atoms with Gasteiger partial charge in [0.05, 0.1) is 23.2 Å². The number of nitrogens with zero attached hydrogens (tertiary/aromatic N) is 3. The zero-order chi connectivity index (χ0) is 33.3. The van der Waals surface area contributed by atoms with Crippen LogP contribution in [0.15, 0.2) is 28.7 Å². The molecule has 244 valence electrons. The molecule has 0 radical (unpaired) electrons. The lowest BCUT2D eigenvalue weighted by Crippen LogP contribution is -2.63. The highest BCUT2D eigenvalue weighted by Crippen LogP contribution is 2.54. The fraction of sp³-hybridized carbons (Fsp3) is 0.562. The zero-order valence-electron chi connectivity index (χ0n) is 26.5. The predicted octanol–water partition coefficient (Wildman–Crippen LogP) is 1.10. The Balaban J connectivity index is 1.54. The van der Waals surface area contributed by atoms with Crippen molar-refractivity contribution in [2.24, 2.45) is 29.4 Å². The molecule has 4 atom stereocenters. The standard InChI is InChI=1S/C32H43N5O8/c1-14(2)7-8-37-12-16(13-37)31(44)34-19-11-20(35(3)4)17-9-15-10-18-24(36(5)6)27(40)23(30(33)43)29(42)32(18,45)28(41)21(15)26(39)22(17)25(19)38/h11,14-16,18,24,38,40-41,45H,7-10,12-13H2,1-6H3,(H2,33,43)(H,34,44)/t15?,18-,24-,32-/m0/s1. The molecule has 1 aromatic rings. The van der Waals surface area contributed by atoms with Crippen molar-refractivity contribution in [3.05, 3.63) is 39.9 Å². The largest absolute Gasteiger partial charge is 0.510 e. The molecule has 1 unspecified atom stereocenters. The first kappa shape index (κ1) is 32.5. The van der Waals surface area contributed by atoms with Crippen molar-refractivity contribution >= 4 is 34.8 Å². The van der Waals surface area contributed by atoms with E-state index < -0.39 is 63.8 Å². The molecule has 1 saturated heterocycles. The Morgan fingerprint density at radius 1 is 1.13 bits per heavy atom. The molecule has 5 rings (SSSR count). The third-order valence-corrected chi connectivity index (χ3v) is 9.79. The molecule has 3 aliphatic carbocycles. The van der Waals surface area contributed by atoms with Gasteiger partial charge in [0.2, 0.25) is 11.7 Å². The first-order chi connectivity index (χ1) is 21.0. The summed E-state index contributed by atoms with van der Waals surface area (Å²) >= 11 is 0. The second-order valence-electron chi connectivity index (χ2n) is 13.6. The molecule has 1 aliphatic heterocycles. The van der Waals surface area contributed by atoms with Crippen LogP contribution in [0.2, 0.25) is 0 Å². The Morgan fingerprint density at radius 3 is 2.33 bits per heavy atom. The Labute approximate surface area is 262 Å². The molecule has 1 heterocycles. The lowest BCUT2D eigenvalue weighted by molar-refractivity contribution is -0.148. The van der Waals surface area contributed by atoms with Crippen LogP contribution in [0.25, 0.3) is 0 Å². The number of allylic oxidation sites excluding steroid dienone is 1. The number of primary amides is 1. The lowest BCUT2D eigenvalue weighted by atomic mass is 9.58. The quantitative estimate of drug-likeness (QED) is 0.179. The van der Waals surface area contributed by atoms with Crippen LogP contribution in [0.5, 0.6) is 5.75 Å². The molecule has 0 bridgehead atoms. The molecule has 0 spiro atoms. The highest BCUT2D eigenvalue weighted by molar-refractivity contribution is 6.25. The number of carbonyl (C=O) groups excluding carboxylic acids is 4. The van der Waals surface area contributed by atoms with Crippen LogP contribution >= 0.6 is 0 Å². The summed E-state index contributed by atoms with van der Waals surface area (Å²) in [6.07, 6.45) is 1.17.